The second kappa shape index (κ2) is 7.62. The smallest absolute Gasteiger partial charge is 0.246 e. The average Bonchev–Trinajstić information content (AvgIpc) is 3.40. The molecule has 0 radical (unpaired) electrons. The number of rotatable bonds is 5. The van der Waals surface area contributed by atoms with E-state index in [2.05, 4.69) is 35.5 Å². The zero-order valence-electron chi connectivity index (χ0n) is 14.7. The van der Waals surface area contributed by atoms with Crippen LogP contribution in [0, 0.1) is 6.92 Å². The van der Waals surface area contributed by atoms with E-state index in [0.29, 0.717) is 29.9 Å². The van der Waals surface area contributed by atoms with Crippen LogP contribution in [0.1, 0.15) is 29.6 Å². The van der Waals surface area contributed by atoms with Gasteiger partial charge in [-0.2, -0.15) is 0 Å². The number of amides is 1. The third kappa shape index (κ3) is 4.17. The van der Waals surface area contributed by atoms with Gasteiger partial charge in [0.2, 0.25) is 11.0 Å². The lowest BCUT2D eigenvalue weighted by Gasteiger charge is -2.15. The van der Waals surface area contributed by atoms with Crippen molar-refractivity contribution in [3.05, 3.63) is 47.4 Å². The lowest BCUT2D eigenvalue weighted by Crippen LogP contribution is -2.26. The molecule has 3 aromatic rings. The number of aromatic amines is 1. The van der Waals surface area contributed by atoms with Crippen molar-refractivity contribution in [3.8, 4) is 0 Å². The van der Waals surface area contributed by atoms with Gasteiger partial charge in [0.25, 0.3) is 0 Å². The number of nitrogens with one attached hydrogen (secondary N) is 2. The molecule has 27 heavy (non-hydrogen) atoms. The largest absolute Gasteiger partial charge is 0.345 e. The van der Waals surface area contributed by atoms with Crippen molar-refractivity contribution in [2.45, 2.75) is 19.3 Å². The van der Waals surface area contributed by atoms with Crippen molar-refractivity contribution in [1.82, 2.24) is 35.0 Å². The molecule has 0 spiro atoms. The molecular formula is C17H18N8OS. The van der Waals surface area contributed by atoms with Crippen molar-refractivity contribution in [3.63, 3.8) is 0 Å². The maximum Gasteiger partial charge on any atom is 0.246 e. The van der Waals surface area contributed by atoms with E-state index in [9.17, 15) is 4.79 Å². The average molecular weight is 382 g/mol. The Hall–Kier alpha value is -3.14. The van der Waals surface area contributed by atoms with E-state index >= 15 is 0 Å². The Morgan fingerprint density at radius 1 is 1.44 bits per heavy atom. The van der Waals surface area contributed by atoms with Gasteiger partial charge in [-0.05, 0) is 19.4 Å². The van der Waals surface area contributed by atoms with E-state index in [0.717, 1.165) is 17.8 Å². The van der Waals surface area contributed by atoms with Crippen LogP contribution in [-0.4, -0.2) is 54.0 Å². The van der Waals surface area contributed by atoms with Crippen LogP contribution in [0.5, 0.6) is 0 Å². The molecule has 1 fully saturated rings. The Bertz CT molecular complexity index is 938. The Kier molecular flexibility index (Phi) is 4.88. The Balaban J connectivity index is 1.43. The lowest BCUT2D eigenvalue weighted by molar-refractivity contribution is -0.124. The number of aryl methyl sites for hydroxylation is 1. The highest BCUT2D eigenvalue weighted by atomic mass is 32.1. The molecule has 1 atom stereocenters. The Morgan fingerprint density at radius 3 is 3.15 bits per heavy atom. The van der Waals surface area contributed by atoms with Crippen LogP contribution < -0.4 is 5.32 Å². The number of imidazole rings is 1. The van der Waals surface area contributed by atoms with Crippen molar-refractivity contribution >= 4 is 34.3 Å². The molecule has 1 aliphatic heterocycles. The number of anilines is 2. The van der Waals surface area contributed by atoms with Gasteiger partial charge in [0.15, 0.2) is 0 Å². The monoisotopic (exact) mass is 382 g/mol. The van der Waals surface area contributed by atoms with Gasteiger partial charge in [-0.3, -0.25) is 4.79 Å². The fourth-order valence-electron chi connectivity index (χ4n) is 3.03. The zero-order chi connectivity index (χ0) is 18.6. The maximum absolute atomic E-state index is 12.4. The highest BCUT2D eigenvalue weighted by Gasteiger charge is 2.27. The summed E-state index contributed by atoms with van der Waals surface area (Å²) in [5.74, 6) is 1.55. The molecule has 3 aromatic heterocycles. The van der Waals surface area contributed by atoms with Crippen LogP contribution in [0.3, 0.4) is 0 Å². The molecule has 0 bridgehead atoms. The minimum atomic E-state index is -0.00918. The molecule has 1 unspecified atom stereocenters. The number of carbonyl (C=O) groups is 1. The van der Waals surface area contributed by atoms with Crippen LogP contribution >= 0.6 is 11.3 Å². The van der Waals surface area contributed by atoms with Crippen molar-refractivity contribution in [2.75, 3.05) is 18.4 Å². The summed E-state index contributed by atoms with van der Waals surface area (Å²) in [6.45, 7) is 3.21. The first-order chi connectivity index (χ1) is 13.2. The topological polar surface area (TPSA) is 113 Å². The number of H-pyrrole nitrogens is 1. The van der Waals surface area contributed by atoms with Crippen LogP contribution in [0.15, 0.2) is 30.2 Å². The molecule has 1 aliphatic rings. The molecule has 0 aromatic carbocycles. The third-order valence-corrected chi connectivity index (χ3v) is 4.90. The predicted molar refractivity (Wildman–Crippen MR) is 102 cm³/mol. The fourth-order valence-corrected chi connectivity index (χ4v) is 3.48. The minimum absolute atomic E-state index is 0.00918. The predicted octanol–water partition coefficient (Wildman–Crippen LogP) is 2.13. The van der Waals surface area contributed by atoms with E-state index in [1.54, 1.807) is 30.2 Å². The van der Waals surface area contributed by atoms with Gasteiger partial charge >= 0.3 is 0 Å². The van der Waals surface area contributed by atoms with Crippen LogP contribution in [0.25, 0.3) is 6.08 Å². The minimum Gasteiger partial charge on any atom is -0.345 e. The summed E-state index contributed by atoms with van der Waals surface area (Å²) in [6.07, 6.45) is 7.44. The number of hydrogen-bond acceptors (Lipinski definition) is 8. The van der Waals surface area contributed by atoms with Gasteiger partial charge in [0.1, 0.15) is 17.2 Å². The summed E-state index contributed by atoms with van der Waals surface area (Å²) in [5, 5.41) is 11.6. The molecule has 4 heterocycles. The number of aromatic nitrogens is 6. The summed E-state index contributed by atoms with van der Waals surface area (Å²) >= 11 is 1.41. The standard InChI is InChI=1S/C17H18N8OS/c1-11-21-14(6-15(22-11)23-17-24-20-10-27-17)12-4-5-25(8-12)16(26)3-2-13-7-18-9-19-13/h2-3,6-7,9-10,12H,4-5,8H2,1H3,(H,18,19)(H,21,22,23,24)/b3-2+. The van der Waals surface area contributed by atoms with E-state index in [1.165, 1.54) is 11.3 Å². The van der Waals surface area contributed by atoms with Gasteiger partial charge < -0.3 is 15.2 Å². The summed E-state index contributed by atoms with van der Waals surface area (Å²) in [6, 6.07) is 1.92. The number of nitrogens with zero attached hydrogens (tertiary/aromatic N) is 6. The third-order valence-electron chi connectivity index (χ3n) is 4.30. The first-order valence-electron chi connectivity index (χ1n) is 8.51. The van der Waals surface area contributed by atoms with Gasteiger partial charge in [0.05, 0.1) is 23.9 Å². The van der Waals surface area contributed by atoms with Gasteiger partial charge in [-0.25, -0.2) is 15.0 Å². The second-order valence-electron chi connectivity index (χ2n) is 6.20. The Morgan fingerprint density at radius 2 is 2.37 bits per heavy atom. The second-order valence-corrected chi connectivity index (χ2v) is 7.04. The molecule has 0 aliphatic carbocycles. The van der Waals surface area contributed by atoms with Crippen LogP contribution in [0.2, 0.25) is 0 Å². The maximum atomic E-state index is 12.4. The first-order valence-corrected chi connectivity index (χ1v) is 9.39. The van der Waals surface area contributed by atoms with E-state index < -0.39 is 0 Å². The molecule has 1 amide bonds. The molecule has 138 valence electrons. The van der Waals surface area contributed by atoms with Gasteiger partial charge in [-0.15, -0.1) is 10.2 Å². The summed E-state index contributed by atoms with van der Waals surface area (Å²) in [5.41, 5.74) is 3.40. The number of hydrogen-bond donors (Lipinski definition) is 2. The van der Waals surface area contributed by atoms with E-state index in [1.807, 2.05) is 17.9 Å². The quantitative estimate of drug-likeness (QED) is 0.650. The normalized spacial score (nSPS) is 16.9. The molecule has 0 saturated carbocycles. The number of likely N-dealkylation sites (tertiary alicyclic amines) is 1. The molecule has 4 rings (SSSR count). The van der Waals surface area contributed by atoms with Crippen LogP contribution in [0.4, 0.5) is 10.9 Å². The molecule has 9 nitrogen and oxygen atoms in total. The van der Waals surface area contributed by atoms with E-state index in [-0.39, 0.29) is 11.8 Å². The molecular weight excluding hydrogens is 364 g/mol. The van der Waals surface area contributed by atoms with Crippen molar-refractivity contribution in [1.29, 1.82) is 0 Å². The summed E-state index contributed by atoms with van der Waals surface area (Å²) in [4.78, 5) is 30.1. The zero-order valence-corrected chi connectivity index (χ0v) is 15.5. The SMILES string of the molecule is Cc1nc(Nc2nncs2)cc(C2CCN(C(=O)/C=C/c3cnc[nH]3)C2)n1. The molecule has 2 N–H and O–H groups in total. The molecule has 1 saturated heterocycles. The first kappa shape index (κ1) is 17.3. The molecule has 10 heteroatoms. The lowest BCUT2D eigenvalue weighted by atomic mass is 10.0. The van der Waals surface area contributed by atoms with Crippen molar-refractivity contribution in [2.24, 2.45) is 0 Å². The van der Waals surface area contributed by atoms with Crippen molar-refractivity contribution < 1.29 is 4.79 Å². The highest BCUT2D eigenvalue weighted by molar-refractivity contribution is 7.13. The van der Waals surface area contributed by atoms with E-state index in [4.69, 9.17) is 0 Å². The van der Waals surface area contributed by atoms with Gasteiger partial charge in [0, 0.05) is 31.1 Å². The number of carbonyl (C=O) groups excluding carboxylic acids is 1. The van der Waals surface area contributed by atoms with Gasteiger partial charge in [-0.1, -0.05) is 11.3 Å². The van der Waals surface area contributed by atoms with Crippen LogP contribution in [-0.2, 0) is 4.79 Å². The summed E-state index contributed by atoms with van der Waals surface area (Å²) < 4.78 is 0. The summed E-state index contributed by atoms with van der Waals surface area (Å²) in [7, 11) is 0. The highest BCUT2D eigenvalue weighted by Crippen LogP contribution is 2.28. The Labute approximate surface area is 159 Å². The fraction of sp³-hybridized carbons (Fsp3) is 0.294.